The van der Waals surface area contributed by atoms with E-state index >= 15 is 0 Å². The molecule has 1 aliphatic heterocycles. The Morgan fingerprint density at radius 2 is 1.80 bits per heavy atom. The van der Waals surface area contributed by atoms with Crippen LogP contribution in [0.3, 0.4) is 0 Å². The summed E-state index contributed by atoms with van der Waals surface area (Å²) in [6.07, 6.45) is 0. The number of aliphatic hydroxyl groups excluding tert-OH is 1. The first-order valence-electron chi connectivity index (χ1n) is 9.61. The number of amides is 1. The van der Waals surface area contributed by atoms with Gasteiger partial charge in [0.25, 0.3) is 11.7 Å². The summed E-state index contributed by atoms with van der Waals surface area (Å²) in [6, 6.07) is 9.21. The molecule has 6 nitrogen and oxygen atoms in total. The first kappa shape index (κ1) is 21.9. The van der Waals surface area contributed by atoms with Crippen LogP contribution in [0, 0.1) is 13.8 Å². The predicted octanol–water partition coefficient (Wildman–Crippen LogP) is 3.65. The quantitative estimate of drug-likeness (QED) is 0.431. The lowest BCUT2D eigenvalue weighted by molar-refractivity contribution is -0.140. The highest BCUT2D eigenvalue weighted by Crippen LogP contribution is 2.41. The molecule has 0 spiro atoms. The van der Waals surface area contributed by atoms with Crippen molar-refractivity contribution in [3.63, 3.8) is 0 Å². The van der Waals surface area contributed by atoms with Gasteiger partial charge in [-0.15, -0.1) is 0 Å². The molecule has 1 amide bonds. The minimum absolute atomic E-state index is 0.0559. The van der Waals surface area contributed by atoms with Crippen LogP contribution >= 0.6 is 11.6 Å². The molecule has 1 atom stereocenters. The van der Waals surface area contributed by atoms with Crippen molar-refractivity contribution >= 4 is 29.1 Å². The summed E-state index contributed by atoms with van der Waals surface area (Å²) in [7, 11) is 3.75. The maximum Gasteiger partial charge on any atom is 0.295 e. The lowest BCUT2D eigenvalue weighted by atomic mass is 9.94. The van der Waals surface area contributed by atoms with E-state index in [4.69, 9.17) is 11.6 Å². The van der Waals surface area contributed by atoms with Gasteiger partial charge in [0, 0.05) is 18.1 Å². The van der Waals surface area contributed by atoms with E-state index in [1.165, 1.54) is 11.0 Å². The van der Waals surface area contributed by atoms with E-state index < -0.39 is 23.5 Å². The highest BCUT2D eigenvalue weighted by Gasteiger charge is 2.46. The summed E-state index contributed by atoms with van der Waals surface area (Å²) in [5, 5.41) is 21.9. The number of rotatable bonds is 5. The first-order chi connectivity index (χ1) is 14.1. The smallest absolute Gasteiger partial charge is 0.295 e. The number of hydrogen-bond donors (Lipinski definition) is 2. The van der Waals surface area contributed by atoms with Crippen LogP contribution in [-0.2, 0) is 9.59 Å². The number of carbonyl (C=O) groups excluding carboxylic acids is 2. The Balaban J connectivity index is 2.21. The lowest BCUT2D eigenvalue weighted by Gasteiger charge is -2.26. The van der Waals surface area contributed by atoms with E-state index in [9.17, 15) is 19.8 Å². The number of benzene rings is 2. The molecule has 0 radical (unpaired) electrons. The third-order valence-electron chi connectivity index (χ3n) is 5.36. The molecule has 2 aromatic rings. The number of ketones is 1. The molecular formula is C23H25ClN2O4. The van der Waals surface area contributed by atoms with Crippen molar-refractivity contribution < 1.29 is 19.8 Å². The summed E-state index contributed by atoms with van der Waals surface area (Å²) in [5.41, 5.74) is 2.37. The average molecular weight is 429 g/mol. The molecule has 0 aliphatic carbocycles. The van der Waals surface area contributed by atoms with Crippen LogP contribution in [0.5, 0.6) is 5.75 Å². The van der Waals surface area contributed by atoms with Crippen LogP contribution in [0.2, 0.25) is 5.02 Å². The maximum absolute atomic E-state index is 13.0. The average Bonchev–Trinajstić information content (AvgIpc) is 2.93. The molecule has 0 bridgehead atoms. The molecule has 0 aromatic heterocycles. The molecule has 1 aliphatic rings. The summed E-state index contributed by atoms with van der Waals surface area (Å²) in [6.45, 7) is 4.52. The second kappa shape index (κ2) is 8.50. The fraction of sp³-hybridized carbons (Fsp3) is 0.304. The number of carbonyl (C=O) groups is 2. The van der Waals surface area contributed by atoms with Gasteiger partial charge in [0.1, 0.15) is 11.5 Å². The number of likely N-dealkylation sites (N-methyl/N-ethyl adjacent to an activating group) is 1. The second-order valence-electron chi connectivity index (χ2n) is 7.80. The Bertz CT molecular complexity index is 1050. The van der Waals surface area contributed by atoms with Gasteiger partial charge >= 0.3 is 0 Å². The van der Waals surface area contributed by atoms with Gasteiger partial charge in [-0.3, -0.25) is 9.59 Å². The van der Waals surface area contributed by atoms with Gasteiger partial charge < -0.3 is 20.0 Å². The fourth-order valence-electron chi connectivity index (χ4n) is 3.58. The van der Waals surface area contributed by atoms with Crippen molar-refractivity contribution in [1.82, 2.24) is 9.80 Å². The number of nitrogens with zero attached hydrogens (tertiary/aromatic N) is 2. The SMILES string of the molecule is Cc1cc(O)c(/C(O)=C2\C(=O)C(=O)N(CCN(C)C)C2c2cccc(Cl)c2)cc1C. The van der Waals surface area contributed by atoms with Crippen molar-refractivity contribution in [2.45, 2.75) is 19.9 Å². The highest BCUT2D eigenvalue weighted by molar-refractivity contribution is 6.46. The molecule has 1 fully saturated rings. The molecule has 1 unspecified atom stereocenters. The minimum atomic E-state index is -0.801. The zero-order valence-corrected chi connectivity index (χ0v) is 18.2. The van der Waals surface area contributed by atoms with Gasteiger partial charge in [0.2, 0.25) is 0 Å². The zero-order valence-electron chi connectivity index (χ0n) is 17.4. The van der Waals surface area contributed by atoms with E-state index in [1.54, 1.807) is 30.3 Å². The molecule has 0 saturated carbocycles. The number of halogens is 1. The molecule has 30 heavy (non-hydrogen) atoms. The van der Waals surface area contributed by atoms with E-state index in [1.807, 2.05) is 32.8 Å². The van der Waals surface area contributed by atoms with Crippen molar-refractivity contribution in [3.05, 3.63) is 69.2 Å². The van der Waals surface area contributed by atoms with E-state index in [-0.39, 0.29) is 16.9 Å². The highest BCUT2D eigenvalue weighted by atomic mass is 35.5. The molecule has 2 aromatic carbocycles. The summed E-state index contributed by atoms with van der Waals surface area (Å²) in [4.78, 5) is 29.2. The monoisotopic (exact) mass is 428 g/mol. The third-order valence-corrected chi connectivity index (χ3v) is 5.59. The van der Waals surface area contributed by atoms with Crippen LogP contribution in [-0.4, -0.2) is 58.9 Å². The number of likely N-dealkylation sites (tertiary alicyclic amines) is 1. The lowest BCUT2D eigenvalue weighted by Crippen LogP contribution is -2.35. The molecule has 1 saturated heterocycles. The maximum atomic E-state index is 13.0. The molecule has 2 N–H and O–H groups in total. The first-order valence-corrected chi connectivity index (χ1v) is 9.98. The van der Waals surface area contributed by atoms with Gasteiger partial charge in [-0.2, -0.15) is 0 Å². The summed E-state index contributed by atoms with van der Waals surface area (Å²) < 4.78 is 0. The number of hydrogen-bond acceptors (Lipinski definition) is 5. The van der Waals surface area contributed by atoms with Gasteiger partial charge in [-0.1, -0.05) is 23.7 Å². The number of aryl methyl sites for hydroxylation is 2. The van der Waals surface area contributed by atoms with Crippen LogP contribution in [0.25, 0.3) is 5.76 Å². The largest absolute Gasteiger partial charge is 0.507 e. The number of phenols is 1. The van der Waals surface area contributed by atoms with Gasteiger partial charge in [-0.25, -0.2) is 0 Å². The summed E-state index contributed by atoms with van der Waals surface area (Å²) >= 11 is 6.16. The predicted molar refractivity (Wildman–Crippen MR) is 117 cm³/mol. The number of phenolic OH excluding ortho intramolecular Hbond substituents is 1. The van der Waals surface area contributed by atoms with Crippen LogP contribution in [0.15, 0.2) is 42.0 Å². The van der Waals surface area contributed by atoms with E-state index in [2.05, 4.69) is 0 Å². The topological polar surface area (TPSA) is 81.1 Å². The number of aromatic hydroxyl groups is 1. The molecule has 3 rings (SSSR count). The van der Waals surface area contributed by atoms with Crippen molar-refractivity contribution in [1.29, 1.82) is 0 Å². The fourth-order valence-corrected chi connectivity index (χ4v) is 3.78. The Hall–Kier alpha value is -2.83. The Morgan fingerprint density at radius 3 is 2.43 bits per heavy atom. The van der Waals surface area contributed by atoms with E-state index in [0.29, 0.717) is 23.7 Å². The van der Waals surface area contributed by atoms with Gasteiger partial charge in [0.05, 0.1) is 17.2 Å². The van der Waals surface area contributed by atoms with Crippen LogP contribution < -0.4 is 0 Å². The third kappa shape index (κ3) is 4.06. The summed E-state index contributed by atoms with van der Waals surface area (Å²) in [5.74, 6) is -2.02. The van der Waals surface area contributed by atoms with Gasteiger partial charge in [-0.05, 0) is 68.9 Å². The molecular weight excluding hydrogens is 404 g/mol. The van der Waals surface area contributed by atoms with Crippen LogP contribution in [0.4, 0.5) is 0 Å². The Kier molecular flexibility index (Phi) is 6.19. The van der Waals surface area contributed by atoms with Crippen molar-refractivity contribution in [3.8, 4) is 5.75 Å². The van der Waals surface area contributed by atoms with Gasteiger partial charge in [0.15, 0.2) is 0 Å². The molecule has 1 heterocycles. The Morgan fingerprint density at radius 1 is 1.13 bits per heavy atom. The standard InChI is InChI=1S/C23H25ClN2O4/c1-13-10-17(18(27)11-14(13)2)21(28)19-20(15-6-5-7-16(24)12-15)26(9-8-25(3)4)23(30)22(19)29/h5-7,10-12,20,27-28H,8-9H2,1-4H3/b21-19+. The minimum Gasteiger partial charge on any atom is -0.507 e. The Labute approximate surface area is 181 Å². The zero-order chi connectivity index (χ0) is 22.2. The van der Waals surface area contributed by atoms with Crippen LogP contribution in [0.1, 0.15) is 28.3 Å². The van der Waals surface area contributed by atoms with Crippen molar-refractivity contribution in [2.75, 3.05) is 27.2 Å². The van der Waals surface area contributed by atoms with Crippen molar-refractivity contribution in [2.24, 2.45) is 0 Å². The number of aliphatic hydroxyl groups is 1. The molecule has 7 heteroatoms. The number of Topliss-reactive ketones (excluding diaryl/α,β-unsaturated/α-hetero) is 1. The molecule has 158 valence electrons. The second-order valence-corrected chi connectivity index (χ2v) is 8.24. The van der Waals surface area contributed by atoms with E-state index in [0.717, 1.165) is 11.1 Å². The normalized spacial score (nSPS) is 18.5.